The summed E-state index contributed by atoms with van der Waals surface area (Å²) in [4.78, 5) is 2.22. The summed E-state index contributed by atoms with van der Waals surface area (Å²) < 4.78 is 5.31. The first-order valence-electron chi connectivity index (χ1n) is 5.32. The number of nitriles is 1. The summed E-state index contributed by atoms with van der Waals surface area (Å²) >= 11 is 0. The molecule has 0 spiro atoms. The predicted octanol–water partition coefficient (Wildman–Crippen LogP) is 1.37. The fourth-order valence-electron chi connectivity index (χ4n) is 1.99. The lowest BCUT2D eigenvalue weighted by molar-refractivity contribution is 0.121. The zero-order chi connectivity index (χ0) is 11.5. The monoisotopic (exact) mass is 217 g/mol. The number of nitrogens with two attached hydrogens (primary N) is 1. The van der Waals surface area contributed by atoms with Gasteiger partial charge in [0.15, 0.2) is 0 Å². The fraction of sp³-hybridized carbons (Fsp3) is 0.417. The molecule has 0 aliphatic carbocycles. The SMILES string of the molecule is COC1CCN(c2ccc(N)c(C#N)c2)C1. The smallest absolute Gasteiger partial charge is 0.101 e. The van der Waals surface area contributed by atoms with E-state index >= 15 is 0 Å². The van der Waals surface area contributed by atoms with Gasteiger partial charge in [-0.3, -0.25) is 0 Å². The van der Waals surface area contributed by atoms with Crippen molar-refractivity contribution in [2.24, 2.45) is 0 Å². The van der Waals surface area contributed by atoms with Crippen LogP contribution < -0.4 is 10.6 Å². The number of anilines is 2. The third-order valence-corrected chi connectivity index (χ3v) is 3.00. The number of nitrogen functional groups attached to an aromatic ring is 1. The van der Waals surface area contributed by atoms with Crippen molar-refractivity contribution in [3.8, 4) is 6.07 Å². The number of benzene rings is 1. The molecule has 0 aromatic heterocycles. The third kappa shape index (κ3) is 1.95. The van der Waals surface area contributed by atoms with Gasteiger partial charge in [0.25, 0.3) is 0 Å². The Bertz CT molecular complexity index is 425. The lowest BCUT2D eigenvalue weighted by atomic mass is 10.1. The second-order valence-corrected chi connectivity index (χ2v) is 3.98. The molecule has 1 aromatic carbocycles. The van der Waals surface area contributed by atoms with Crippen molar-refractivity contribution in [2.45, 2.75) is 12.5 Å². The maximum atomic E-state index is 8.91. The van der Waals surface area contributed by atoms with Crippen molar-refractivity contribution in [3.05, 3.63) is 23.8 Å². The molecule has 0 amide bonds. The van der Waals surface area contributed by atoms with Gasteiger partial charge in [-0.2, -0.15) is 5.26 Å². The van der Waals surface area contributed by atoms with E-state index in [-0.39, 0.29) is 0 Å². The van der Waals surface area contributed by atoms with Crippen molar-refractivity contribution in [1.82, 2.24) is 0 Å². The van der Waals surface area contributed by atoms with Crippen molar-refractivity contribution in [2.75, 3.05) is 30.8 Å². The van der Waals surface area contributed by atoms with Gasteiger partial charge in [-0.25, -0.2) is 0 Å². The predicted molar refractivity (Wildman–Crippen MR) is 63.2 cm³/mol. The summed E-state index contributed by atoms with van der Waals surface area (Å²) in [6.07, 6.45) is 1.33. The van der Waals surface area contributed by atoms with Crippen LogP contribution in [-0.2, 0) is 4.74 Å². The maximum absolute atomic E-state index is 8.91. The van der Waals surface area contributed by atoms with Crippen LogP contribution in [0.25, 0.3) is 0 Å². The third-order valence-electron chi connectivity index (χ3n) is 3.00. The summed E-state index contributed by atoms with van der Waals surface area (Å²) in [7, 11) is 1.73. The van der Waals surface area contributed by atoms with Crippen LogP contribution >= 0.6 is 0 Å². The molecule has 0 bridgehead atoms. The quantitative estimate of drug-likeness (QED) is 0.760. The Morgan fingerprint density at radius 2 is 2.38 bits per heavy atom. The molecule has 1 heterocycles. The zero-order valence-electron chi connectivity index (χ0n) is 9.31. The summed E-state index contributed by atoms with van der Waals surface area (Å²) in [6, 6.07) is 7.68. The van der Waals surface area contributed by atoms with Gasteiger partial charge in [-0.1, -0.05) is 0 Å². The first-order chi connectivity index (χ1) is 7.74. The highest BCUT2D eigenvalue weighted by molar-refractivity contribution is 5.63. The van der Waals surface area contributed by atoms with E-state index in [0.717, 1.165) is 25.2 Å². The summed E-state index contributed by atoms with van der Waals surface area (Å²) in [5.74, 6) is 0. The fourth-order valence-corrected chi connectivity index (χ4v) is 1.99. The summed E-state index contributed by atoms with van der Waals surface area (Å²) in [5.41, 5.74) is 7.81. The normalized spacial score (nSPS) is 19.8. The van der Waals surface area contributed by atoms with Gasteiger partial charge in [0.2, 0.25) is 0 Å². The number of ether oxygens (including phenoxy) is 1. The van der Waals surface area contributed by atoms with Gasteiger partial charge >= 0.3 is 0 Å². The van der Waals surface area contributed by atoms with Crippen LogP contribution in [0.1, 0.15) is 12.0 Å². The van der Waals surface area contributed by atoms with Gasteiger partial charge in [-0.15, -0.1) is 0 Å². The van der Waals surface area contributed by atoms with Crippen LogP contribution in [-0.4, -0.2) is 26.3 Å². The van der Waals surface area contributed by atoms with Crippen LogP contribution in [0.5, 0.6) is 0 Å². The molecule has 1 aromatic rings. The van der Waals surface area contributed by atoms with Crippen LogP contribution in [0.15, 0.2) is 18.2 Å². The molecule has 0 radical (unpaired) electrons. The molecule has 4 nitrogen and oxygen atoms in total. The zero-order valence-corrected chi connectivity index (χ0v) is 9.31. The van der Waals surface area contributed by atoms with Gasteiger partial charge < -0.3 is 15.4 Å². The van der Waals surface area contributed by atoms with Crippen molar-refractivity contribution in [1.29, 1.82) is 5.26 Å². The number of hydrogen-bond acceptors (Lipinski definition) is 4. The molecule has 16 heavy (non-hydrogen) atoms. The van der Waals surface area contributed by atoms with Gasteiger partial charge in [0.1, 0.15) is 6.07 Å². The largest absolute Gasteiger partial charge is 0.398 e. The van der Waals surface area contributed by atoms with Gasteiger partial charge in [0, 0.05) is 31.6 Å². The summed E-state index contributed by atoms with van der Waals surface area (Å²) in [5, 5.41) is 8.91. The maximum Gasteiger partial charge on any atom is 0.101 e. The van der Waals surface area contributed by atoms with E-state index in [4.69, 9.17) is 15.7 Å². The molecule has 1 unspecified atom stereocenters. The minimum absolute atomic E-state index is 0.295. The second-order valence-electron chi connectivity index (χ2n) is 3.98. The first-order valence-corrected chi connectivity index (χ1v) is 5.32. The van der Waals surface area contributed by atoms with Gasteiger partial charge in [0.05, 0.1) is 11.7 Å². The highest BCUT2D eigenvalue weighted by atomic mass is 16.5. The highest BCUT2D eigenvalue weighted by Crippen LogP contribution is 2.24. The molecule has 0 saturated carbocycles. The van der Waals surface area contributed by atoms with Crippen molar-refractivity contribution >= 4 is 11.4 Å². The number of rotatable bonds is 2. The topological polar surface area (TPSA) is 62.3 Å². The molecule has 2 rings (SSSR count). The molecule has 1 aliphatic heterocycles. The van der Waals surface area contributed by atoms with Crippen LogP contribution in [0.4, 0.5) is 11.4 Å². The average Bonchev–Trinajstić information content (AvgIpc) is 2.78. The molecule has 1 fully saturated rings. The standard InChI is InChI=1S/C12H15N3O/c1-16-11-4-5-15(8-11)10-2-3-12(14)9(6-10)7-13/h2-3,6,11H,4-5,8,14H2,1H3. The highest BCUT2D eigenvalue weighted by Gasteiger charge is 2.22. The number of nitrogens with zero attached hydrogens (tertiary/aromatic N) is 2. The van der Waals surface area contributed by atoms with Crippen LogP contribution in [0.2, 0.25) is 0 Å². The van der Waals surface area contributed by atoms with E-state index in [2.05, 4.69) is 11.0 Å². The molecular formula is C12H15N3O. The number of methoxy groups -OCH3 is 1. The van der Waals surface area contributed by atoms with Crippen molar-refractivity contribution in [3.63, 3.8) is 0 Å². The lowest BCUT2D eigenvalue weighted by Gasteiger charge is -2.18. The van der Waals surface area contributed by atoms with E-state index in [1.807, 2.05) is 12.1 Å². The Morgan fingerprint density at radius 1 is 1.56 bits per heavy atom. The second kappa shape index (κ2) is 4.42. The van der Waals surface area contributed by atoms with E-state index in [9.17, 15) is 0 Å². The minimum atomic E-state index is 0.295. The molecule has 1 saturated heterocycles. The van der Waals surface area contributed by atoms with Crippen molar-refractivity contribution < 1.29 is 4.74 Å². The Morgan fingerprint density at radius 3 is 3.00 bits per heavy atom. The summed E-state index contributed by atoms with van der Waals surface area (Å²) in [6.45, 7) is 1.85. The lowest BCUT2D eigenvalue weighted by Crippen LogP contribution is -2.22. The first kappa shape index (κ1) is 10.8. The minimum Gasteiger partial charge on any atom is -0.398 e. The number of hydrogen-bond donors (Lipinski definition) is 1. The Labute approximate surface area is 95.2 Å². The van der Waals surface area contributed by atoms with E-state index in [1.165, 1.54) is 0 Å². The Balaban J connectivity index is 2.19. The van der Waals surface area contributed by atoms with E-state index < -0.39 is 0 Å². The molecule has 4 heteroatoms. The molecule has 84 valence electrons. The van der Waals surface area contributed by atoms with Crippen LogP contribution in [0.3, 0.4) is 0 Å². The Hall–Kier alpha value is -1.73. The molecule has 1 atom stereocenters. The average molecular weight is 217 g/mol. The van der Waals surface area contributed by atoms with E-state index in [1.54, 1.807) is 13.2 Å². The molecular weight excluding hydrogens is 202 g/mol. The Kier molecular flexibility index (Phi) is 2.97. The molecule has 2 N–H and O–H groups in total. The molecule has 1 aliphatic rings. The van der Waals surface area contributed by atoms with E-state index in [0.29, 0.717) is 17.4 Å². The van der Waals surface area contributed by atoms with Crippen LogP contribution in [0, 0.1) is 11.3 Å². The van der Waals surface area contributed by atoms with Gasteiger partial charge in [-0.05, 0) is 24.6 Å².